The third-order valence-corrected chi connectivity index (χ3v) is 3.63. The van der Waals surface area contributed by atoms with Crippen LogP contribution < -0.4 is 5.73 Å². The van der Waals surface area contributed by atoms with Crippen LogP contribution in [0.4, 0.5) is 0 Å². The van der Waals surface area contributed by atoms with Gasteiger partial charge in [0.05, 0.1) is 6.04 Å². The molecule has 0 spiro atoms. The Hall–Kier alpha value is -1.28. The number of fused-ring (bicyclic) bond motifs is 1. The Balaban J connectivity index is 2.65. The Morgan fingerprint density at radius 3 is 2.26 bits per heavy atom. The average Bonchev–Trinajstić information content (AvgIpc) is 2.68. The molecule has 1 aromatic carbocycles. The summed E-state index contributed by atoms with van der Waals surface area (Å²) in [6, 6.07) is 6.45. The van der Waals surface area contributed by atoms with Gasteiger partial charge in [0.2, 0.25) is 0 Å². The van der Waals surface area contributed by atoms with Gasteiger partial charge in [0.15, 0.2) is 0 Å². The highest BCUT2D eigenvalue weighted by atomic mass is 16.3. The van der Waals surface area contributed by atoms with Crippen LogP contribution in [-0.4, -0.2) is 0 Å². The van der Waals surface area contributed by atoms with Gasteiger partial charge in [-0.2, -0.15) is 0 Å². The lowest BCUT2D eigenvalue weighted by Gasteiger charge is -2.20. The molecule has 0 saturated carbocycles. The lowest BCUT2D eigenvalue weighted by Crippen LogP contribution is -2.15. The molecule has 0 fully saturated rings. The van der Waals surface area contributed by atoms with Crippen LogP contribution in [0.25, 0.3) is 11.0 Å². The van der Waals surface area contributed by atoms with Gasteiger partial charge in [-0.05, 0) is 36.0 Å². The Kier molecular flexibility index (Phi) is 3.48. The van der Waals surface area contributed by atoms with E-state index in [0.717, 1.165) is 16.7 Å². The molecule has 0 aliphatic carbocycles. The minimum absolute atomic E-state index is 0.0412. The quantitative estimate of drug-likeness (QED) is 0.849. The van der Waals surface area contributed by atoms with E-state index in [9.17, 15) is 0 Å². The summed E-state index contributed by atoms with van der Waals surface area (Å²) in [5.41, 5.74) is 9.79. The predicted octanol–water partition coefficient (Wildman–Crippen LogP) is 4.69. The second-order valence-electron chi connectivity index (χ2n) is 6.90. The zero-order valence-electron chi connectivity index (χ0n) is 12.9. The Morgan fingerprint density at radius 2 is 1.74 bits per heavy atom. The first-order chi connectivity index (χ1) is 8.70. The summed E-state index contributed by atoms with van der Waals surface area (Å²) < 4.78 is 6.08. The van der Waals surface area contributed by atoms with E-state index in [-0.39, 0.29) is 11.5 Å². The van der Waals surface area contributed by atoms with E-state index < -0.39 is 0 Å². The van der Waals surface area contributed by atoms with E-state index in [1.54, 1.807) is 0 Å². The van der Waals surface area contributed by atoms with E-state index >= 15 is 0 Å². The Labute approximate surface area is 116 Å². The van der Waals surface area contributed by atoms with Crippen LogP contribution in [0.1, 0.15) is 57.5 Å². The topological polar surface area (TPSA) is 39.2 Å². The average molecular weight is 259 g/mol. The fraction of sp³-hybridized carbons (Fsp3) is 0.529. The minimum atomic E-state index is -0.0412. The molecular weight excluding hydrogens is 234 g/mol. The molecule has 2 nitrogen and oxygen atoms in total. The summed E-state index contributed by atoms with van der Waals surface area (Å²) in [6.45, 7) is 13.0. The first-order valence-corrected chi connectivity index (χ1v) is 7.00. The molecular formula is C17H25NO. The summed E-state index contributed by atoms with van der Waals surface area (Å²) in [5, 5.41) is 1.16. The number of nitrogens with two attached hydrogens (primary N) is 1. The van der Waals surface area contributed by atoms with Crippen molar-refractivity contribution in [3.8, 4) is 0 Å². The standard InChI is InChI=1S/C17H25NO/c1-10(2)15(18)14-9-12-7-11(3)8-13(16(12)19-14)17(4,5)6/h7-10,15H,18H2,1-6H3. The molecule has 2 aromatic rings. The molecule has 1 heterocycles. The van der Waals surface area contributed by atoms with Crippen molar-refractivity contribution in [2.45, 2.75) is 53.0 Å². The van der Waals surface area contributed by atoms with Crippen LogP contribution in [-0.2, 0) is 5.41 Å². The zero-order valence-corrected chi connectivity index (χ0v) is 12.9. The molecule has 0 aliphatic heterocycles. The largest absolute Gasteiger partial charge is 0.459 e. The van der Waals surface area contributed by atoms with Crippen LogP contribution in [0.3, 0.4) is 0 Å². The van der Waals surface area contributed by atoms with Gasteiger partial charge in [0.1, 0.15) is 11.3 Å². The number of hydrogen-bond acceptors (Lipinski definition) is 2. The summed E-state index contributed by atoms with van der Waals surface area (Å²) in [6.07, 6.45) is 0. The monoisotopic (exact) mass is 259 g/mol. The highest BCUT2D eigenvalue weighted by Gasteiger charge is 2.22. The van der Waals surface area contributed by atoms with Gasteiger partial charge < -0.3 is 10.2 Å². The van der Waals surface area contributed by atoms with Gasteiger partial charge in [0.25, 0.3) is 0 Å². The normalized spacial score (nSPS) is 14.3. The third kappa shape index (κ3) is 2.69. The summed E-state index contributed by atoms with van der Waals surface area (Å²) in [5.74, 6) is 1.26. The molecule has 2 rings (SSSR count). The minimum Gasteiger partial charge on any atom is -0.459 e. The van der Waals surface area contributed by atoms with Crippen molar-refractivity contribution < 1.29 is 4.42 Å². The second kappa shape index (κ2) is 4.68. The van der Waals surface area contributed by atoms with Crippen LogP contribution >= 0.6 is 0 Å². The van der Waals surface area contributed by atoms with Crippen LogP contribution in [0.2, 0.25) is 0 Å². The summed E-state index contributed by atoms with van der Waals surface area (Å²) >= 11 is 0. The fourth-order valence-corrected chi connectivity index (χ4v) is 2.37. The Bertz CT molecular complexity index is 587. The molecule has 0 saturated heterocycles. The van der Waals surface area contributed by atoms with E-state index in [1.165, 1.54) is 11.1 Å². The Morgan fingerprint density at radius 1 is 1.11 bits per heavy atom. The molecule has 1 aromatic heterocycles. The molecule has 0 aliphatic rings. The first-order valence-electron chi connectivity index (χ1n) is 7.00. The van der Waals surface area contributed by atoms with Gasteiger partial charge in [-0.25, -0.2) is 0 Å². The maximum Gasteiger partial charge on any atom is 0.138 e. The highest BCUT2D eigenvalue weighted by molar-refractivity contribution is 5.83. The number of aryl methyl sites for hydroxylation is 1. The maximum atomic E-state index is 6.21. The van der Waals surface area contributed by atoms with Crippen LogP contribution in [0.5, 0.6) is 0 Å². The fourth-order valence-electron chi connectivity index (χ4n) is 2.37. The van der Waals surface area contributed by atoms with E-state index in [0.29, 0.717) is 5.92 Å². The molecule has 104 valence electrons. The number of furan rings is 1. The molecule has 0 amide bonds. The number of rotatable bonds is 2. The summed E-state index contributed by atoms with van der Waals surface area (Å²) in [4.78, 5) is 0. The molecule has 0 bridgehead atoms. The maximum absolute atomic E-state index is 6.21. The lowest BCUT2D eigenvalue weighted by molar-refractivity contribution is 0.415. The van der Waals surface area contributed by atoms with Crippen molar-refractivity contribution in [3.63, 3.8) is 0 Å². The van der Waals surface area contributed by atoms with Crippen LogP contribution in [0.15, 0.2) is 22.6 Å². The van der Waals surface area contributed by atoms with Gasteiger partial charge in [-0.3, -0.25) is 0 Å². The molecule has 19 heavy (non-hydrogen) atoms. The lowest BCUT2D eigenvalue weighted by atomic mass is 9.85. The molecule has 1 atom stereocenters. The SMILES string of the molecule is Cc1cc(C(C)(C)C)c2oc(C(N)C(C)C)cc2c1. The van der Waals surface area contributed by atoms with E-state index in [4.69, 9.17) is 10.2 Å². The first kappa shape index (κ1) is 14.1. The predicted molar refractivity (Wildman–Crippen MR) is 81.4 cm³/mol. The van der Waals surface area contributed by atoms with E-state index in [2.05, 4.69) is 59.7 Å². The molecule has 2 N–H and O–H groups in total. The third-order valence-electron chi connectivity index (χ3n) is 3.63. The molecule has 2 heteroatoms. The second-order valence-corrected chi connectivity index (χ2v) is 6.90. The number of hydrogen-bond donors (Lipinski definition) is 1. The van der Waals surface area contributed by atoms with Crippen molar-refractivity contribution in [3.05, 3.63) is 35.1 Å². The van der Waals surface area contributed by atoms with Crippen molar-refractivity contribution >= 4 is 11.0 Å². The van der Waals surface area contributed by atoms with Gasteiger partial charge in [-0.15, -0.1) is 0 Å². The van der Waals surface area contributed by atoms with Crippen molar-refractivity contribution in [1.82, 2.24) is 0 Å². The number of benzene rings is 1. The molecule has 1 unspecified atom stereocenters. The summed E-state index contributed by atoms with van der Waals surface area (Å²) in [7, 11) is 0. The van der Waals surface area contributed by atoms with Gasteiger partial charge in [-0.1, -0.05) is 40.7 Å². The van der Waals surface area contributed by atoms with Crippen molar-refractivity contribution in [2.75, 3.05) is 0 Å². The smallest absolute Gasteiger partial charge is 0.138 e. The van der Waals surface area contributed by atoms with Crippen LogP contribution in [0, 0.1) is 12.8 Å². The molecule has 0 radical (unpaired) electrons. The van der Waals surface area contributed by atoms with Gasteiger partial charge in [0, 0.05) is 10.9 Å². The highest BCUT2D eigenvalue weighted by Crippen LogP contribution is 2.35. The van der Waals surface area contributed by atoms with Crippen molar-refractivity contribution in [1.29, 1.82) is 0 Å². The van der Waals surface area contributed by atoms with E-state index in [1.807, 2.05) is 0 Å². The zero-order chi connectivity index (χ0) is 14.4. The van der Waals surface area contributed by atoms with Gasteiger partial charge >= 0.3 is 0 Å². The van der Waals surface area contributed by atoms with Crippen molar-refractivity contribution in [2.24, 2.45) is 11.7 Å².